The number of hydrogen-bond donors (Lipinski definition) is 8. The monoisotopic (exact) mass is 330 g/mol. The molecule has 134 valence electrons. The molecular weight excluding hydrogens is 300 g/mol. The summed E-state index contributed by atoms with van der Waals surface area (Å²) in [5.74, 6) is 21.6. The Morgan fingerprint density at radius 1 is 0.609 bits per heavy atom. The second-order valence-corrected chi connectivity index (χ2v) is 6.01. The van der Waals surface area contributed by atoms with Gasteiger partial charge in [0.05, 0.1) is 18.5 Å². The molecule has 12 N–H and O–H groups in total. The Labute approximate surface area is 136 Å². The van der Waals surface area contributed by atoms with Crippen LogP contribution in [-0.4, -0.2) is 35.7 Å². The van der Waals surface area contributed by atoms with Gasteiger partial charge in [0.1, 0.15) is 0 Å². The maximum atomic E-state index is 12.2. The summed E-state index contributed by atoms with van der Waals surface area (Å²) in [7, 11) is 0. The molecule has 10 heteroatoms. The highest BCUT2D eigenvalue weighted by Crippen LogP contribution is 2.15. The molecule has 1 aliphatic carbocycles. The first kappa shape index (κ1) is 20.1. The fourth-order valence-corrected chi connectivity index (χ4v) is 2.85. The molecule has 0 saturated heterocycles. The molecule has 0 bridgehead atoms. The first-order chi connectivity index (χ1) is 11.0. The fourth-order valence-electron chi connectivity index (χ4n) is 2.85. The predicted octanol–water partition coefficient (Wildman–Crippen LogP) is -2.80. The molecule has 1 rings (SSSR count). The minimum Gasteiger partial charge on any atom is -0.297 e. The number of hydrogen-bond acceptors (Lipinski definition) is 10. The van der Waals surface area contributed by atoms with Gasteiger partial charge in [0.15, 0.2) is 11.6 Å². The molecule has 0 aliphatic heterocycles. The Kier molecular flexibility index (Phi) is 9.36. The normalized spacial score (nSPS) is 32.0. The van der Waals surface area contributed by atoms with E-state index in [1.807, 2.05) is 0 Å². The third-order valence-corrected chi connectivity index (χ3v) is 4.47. The summed E-state index contributed by atoms with van der Waals surface area (Å²) in [6.45, 7) is 0. The molecule has 0 amide bonds. The molecule has 1 fully saturated rings. The SMILES string of the molecule is NNC1CCC(NN)CCC(NN)C(=O)CC(=O)C(NN)CC1. The van der Waals surface area contributed by atoms with Gasteiger partial charge in [-0.25, -0.2) is 10.9 Å². The van der Waals surface area contributed by atoms with Crippen LogP contribution < -0.4 is 45.1 Å². The minimum absolute atomic E-state index is 0.0504. The van der Waals surface area contributed by atoms with Gasteiger partial charge in [-0.3, -0.25) is 43.8 Å². The van der Waals surface area contributed by atoms with Crippen molar-refractivity contribution in [2.24, 2.45) is 23.4 Å². The standard InChI is InChI=1S/C13H30N8O2/c14-18-8-1-2-9(19-15)4-6-11(21-17)13(23)7-12(22)10(20-16)5-3-8/h8-11,18-21H,1-7,14-17H2. The van der Waals surface area contributed by atoms with Gasteiger partial charge in [-0.1, -0.05) is 0 Å². The number of ketones is 2. The van der Waals surface area contributed by atoms with Crippen LogP contribution in [0.15, 0.2) is 0 Å². The zero-order valence-corrected chi connectivity index (χ0v) is 13.4. The summed E-state index contributed by atoms with van der Waals surface area (Å²) in [5.41, 5.74) is 10.5. The lowest BCUT2D eigenvalue weighted by molar-refractivity contribution is -0.129. The molecule has 0 heterocycles. The fraction of sp³-hybridized carbons (Fsp3) is 0.846. The van der Waals surface area contributed by atoms with E-state index in [1.165, 1.54) is 0 Å². The molecule has 1 aliphatic rings. The minimum atomic E-state index is -0.572. The zero-order chi connectivity index (χ0) is 17.2. The van der Waals surface area contributed by atoms with Gasteiger partial charge in [-0.15, -0.1) is 0 Å². The highest BCUT2D eigenvalue weighted by Gasteiger charge is 2.26. The molecule has 0 aromatic carbocycles. The summed E-state index contributed by atoms with van der Waals surface area (Å²) in [5, 5.41) is 0. The Bertz CT molecular complexity index is 347. The van der Waals surface area contributed by atoms with Gasteiger partial charge in [0.2, 0.25) is 0 Å². The Balaban J connectivity index is 2.84. The third kappa shape index (κ3) is 6.57. The van der Waals surface area contributed by atoms with Gasteiger partial charge < -0.3 is 0 Å². The Morgan fingerprint density at radius 2 is 0.957 bits per heavy atom. The van der Waals surface area contributed by atoms with E-state index in [2.05, 4.69) is 21.7 Å². The summed E-state index contributed by atoms with van der Waals surface area (Å²) >= 11 is 0. The molecule has 0 aromatic heterocycles. The van der Waals surface area contributed by atoms with E-state index in [9.17, 15) is 9.59 Å². The van der Waals surface area contributed by atoms with Crippen LogP contribution in [0, 0.1) is 0 Å². The molecule has 23 heavy (non-hydrogen) atoms. The highest BCUT2D eigenvalue weighted by atomic mass is 16.2. The number of rotatable bonds is 4. The largest absolute Gasteiger partial charge is 0.297 e. The van der Waals surface area contributed by atoms with E-state index in [-0.39, 0.29) is 30.1 Å². The van der Waals surface area contributed by atoms with Crippen molar-refractivity contribution in [2.45, 2.75) is 69.1 Å². The van der Waals surface area contributed by atoms with E-state index in [4.69, 9.17) is 23.4 Å². The summed E-state index contributed by atoms with van der Waals surface area (Å²) in [6, 6.07) is -1.04. The van der Waals surface area contributed by atoms with E-state index in [0.717, 1.165) is 12.8 Å². The van der Waals surface area contributed by atoms with E-state index >= 15 is 0 Å². The molecule has 0 spiro atoms. The average molecular weight is 330 g/mol. The van der Waals surface area contributed by atoms with Crippen molar-refractivity contribution >= 4 is 11.6 Å². The molecular formula is C13H30N8O2. The quantitative estimate of drug-likeness (QED) is 0.152. The third-order valence-electron chi connectivity index (χ3n) is 4.47. The number of nitrogens with two attached hydrogens (primary N) is 4. The van der Waals surface area contributed by atoms with Crippen LogP contribution in [-0.2, 0) is 9.59 Å². The topological polar surface area (TPSA) is 186 Å². The molecule has 4 unspecified atom stereocenters. The van der Waals surface area contributed by atoms with Crippen LogP contribution in [0.25, 0.3) is 0 Å². The first-order valence-corrected chi connectivity index (χ1v) is 7.95. The van der Waals surface area contributed by atoms with E-state index < -0.39 is 12.1 Å². The van der Waals surface area contributed by atoms with Crippen molar-refractivity contribution in [3.63, 3.8) is 0 Å². The van der Waals surface area contributed by atoms with E-state index in [1.54, 1.807) is 0 Å². The van der Waals surface area contributed by atoms with Crippen LogP contribution in [0.1, 0.15) is 44.9 Å². The number of carbonyl (C=O) groups is 2. The van der Waals surface area contributed by atoms with Gasteiger partial charge in [-0.2, -0.15) is 0 Å². The summed E-state index contributed by atoms with van der Waals surface area (Å²) in [4.78, 5) is 24.4. The number of carbonyl (C=O) groups excluding carboxylic acids is 2. The highest BCUT2D eigenvalue weighted by molar-refractivity contribution is 6.03. The smallest absolute Gasteiger partial charge is 0.158 e. The second kappa shape index (κ2) is 10.7. The van der Waals surface area contributed by atoms with Crippen LogP contribution in [0.4, 0.5) is 0 Å². The van der Waals surface area contributed by atoms with Gasteiger partial charge >= 0.3 is 0 Å². The number of Topliss-reactive ketones (excluding diaryl/α,β-unsaturated/α-hetero) is 2. The second-order valence-electron chi connectivity index (χ2n) is 6.01. The maximum absolute atomic E-state index is 12.2. The lowest BCUT2D eigenvalue weighted by Gasteiger charge is -2.22. The maximum Gasteiger partial charge on any atom is 0.158 e. The summed E-state index contributed by atoms with van der Waals surface area (Å²) < 4.78 is 0. The lowest BCUT2D eigenvalue weighted by atomic mass is 9.97. The predicted molar refractivity (Wildman–Crippen MR) is 86.8 cm³/mol. The number of nitrogens with one attached hydrogen (secondary N) is 4. The van der Waals surface area contributed by atoms with Crippen LogP contribution in [0.5, 0.6) is 0 Å². The molecule has 0 radical (unpaired) electrons. The van der Waals surface area contributed by atoms with Crippen molar-refractivity contribution in [1.29, 1.82) is 0 Å². The van der Waals surface area contributed by atoms with Crippen molar-refractivity contribution in [1.82, 2.24) is 21.7 Å². The van der Waals surface area contributed by atoms with Crippen LogP contribution >= 0.6 is 0 Å². The van der Waals surface area contributed by atoms with Gasteiger partial charge in [0.25, 0.3) is 0 Å². The molecule has 1 saturated carbocycles. The lowest BCUT2D eigenvalue weighted by Crippen LogP contribution is -2.47. The van der Waals surface area contributed by atoms with Gasteiger partial charge in [-0.05, 0) is 38.5 Å². The van der Waals surface area contributed by atoms with Crippen molar-refractivity contribution in [3.05, 3.63) is 0 Å². The summed E-state index contributed by atoms with van der Waals surface area (Å²) in [6.07, 6.45) is 3.72. The van der Waals surface area contributed by atoms with Gasteiger partial charge in [0, 0.05) is 12.1 Å². The molecule has 0 aromatic rings. The Hall–Kier alpha value is -0.980. The van der Waals surface area contributed by atoms with Crippen molar-refractivity contribution < 1.29 is 9.59 Å². The van der Waals surface area contributed by atoms with Crippen LogP contribution in [0.2, 0.25) is 0 Å². The van der Waals surface area contributed by atoms with E-state index in [0.29, 0.717) is 25.7 Å². The average Bonchev–Trinajstić information content (AvgIpc) is 2.56. The van der Waals surface area contributed by atoms with Crippen molar-refractivity contribution in [2.75, 3.05) is 0 Å². The first-order valence-electron chi connectivity index (χ1n) is 7.95. The molecule has 4 atom stereocenters. The Morgan fingerprint density at radius 3 is 1.26 bits per heavy atom. The zero-order valence-electron chi connectivity index (χ0n) is 13.4. The van der Waals surface area contributed by atoms with Crippen molar-refractivity contribution in [3.8, 4) is 0 Å². The van der Waals surface area contributed by atoms with Crippen LogP contribution in [0.3, 0.4) is 0 Å². The molecule has 10 nitrogen and oxygen atoms in total. The number of hydrazine groups is 4.